The van der Waals surface area contributed by atoms with Crippen molar-refractivity contribution in [3.8, 4) is 0 Å². The Morgan fingerprint density at radius 2 is 1.85 bits per heavy atom. The van der Waals surface area contributed by atoms with Crippen LogP contribution in [-0.4, -0.2) is 20.8 Å². The molecular weight excluding hydrogens is 342 g/mol. The van der Waals surface area contributed by atoms with Gasteiger partial charge in [-0.15, -0.1) is 4.72 Å². The maximum atomic E-state index is 12.4. The second kappa shape index (κ2) is 7.59. The molecule has 140 valence electrons. The van der Waals surface area contributed by atoms with Gasteiger partial charge < -0.3 is 10.3 Å². The number of anilines is 1. The van der Waals surface area contributed by atoms with Crippen LogP contribution in [-0.2, 0) is 16.8 Å². The third-order valence-corrected chi connectivity index (χ3v) is 6.76. The summed E-state index contributed by atoms with van der Waals surface area (Å²) in [6.45, 7) is 6.67. The standard InChI is InChI=1S/C21H29N3OS/c1-20(2,3)26(25)24-14-11-21(16-7-8-16,17-9-12-23-13-10-17)18-5-4-6-19(22)15-18/h4-6,9-10,12-13,15-16,24H,7-8,11,14,22H2,1-3H3/t21-,26-/m1/s1. The molecule has 2 aromatic rings. The van der Waals surface area contributed by atoms with E-state index in [0.29, 0.717) is 12.5 Å². The first kappa shape index (κ1) is 19.2. The molecule has 1 saturated carbocycles. The first-order valence-corrected chi connectivity index (χ1v) is 10.4. The Hall–Kier alpha value is -1.56. The van der Waals surface area contributed by atoms with E-state index in [1.54, 1.807) is 0 Å². The highest BCUT2D eigenvalue weighted by molar-refractivity contribution is 7.90. The van der Waals surface area contributed by atoms with Gasteiger partial charge in [-0.25, -0.2) is 0 Å². The fourth-order valence-corrected chi connectivity index (χ4v) is 4.45. The monoisotopic (exact) mass is 371 g/mol. The molecule has 1 heterocycles. The van der Waals surface area contributed by atoms with E-state index in [1.165, 1.54) is 24.0 Å². The molecule has 3 N–H and O–H groups in total. The summed E-state index contributed by atoms with van der Waals surface area (Å²) in [6.07, 6.45) is 7.02. The molecule has 5 heteroatoms. The van der Waals surface area contributed by atoms with Crippen molar-refractivity contribution in [2.75, 3.05) is 12.3 Å². The van der Waals surface area contributed by atoms with E-state index in [4.69, 9.17) is 5.73 Å². The molecular formula is C21H29N3OS. The number of nitrogens with zero attached hydrogens (tertiary/aromatic N) is 1. The van der Waals surface area contributed by atoms with Crippen LogP contribution in [0.15, 0.2) is 48.8 Å². The third-order valence-electron chi connectivity index (χ3n) is 5.18. The molecule has 1 fully saturated rings. The highest BCUT2D eigenvalue weighted by Gasteiger charge is 2.47. The van der Waals surface area contributed by atoms with Gasteiger partial charge in [0, 0.05) is 41.4 Å². The zero-order valence-corrected chi connectivity index (χ0v) is 16.7. The lowest BCUT2D eigenvalue weighted by Gasteiger charge is -2.36. The number of aromatic nitrogens is 1. The lowest BCUT2D eigenvalue weighted by molar-refractivity contribution is 0.410. The molecule has 0 radical (unpaired) electrons. The van der Waals surface area contributed by atoms with Crippen LogP contribution >= 0.6 is 0 Å². The van der Waals surface area contributed by atoms with Crippen LogP contribution in [0.25, 0.3) is 0 Å². The van der Waals surface area contributed by atoms with E-state index < -0.39 is 11.4 Å². The molecule has 1 aliphatic rings. The second-order valence-corrected chi connectivity index (χ2v) is 10.2. The van der Waals surface area contributed by atoms with E-state index in [2.05, 4.69) is 34.0 Å². The number of rotatable bonds is 7. The van der Waals surface area contributed by atoms with Crippen molar-refractivity contribution in [3.05, 3.63) is 59.9 Å². The Morgan fingerprint density at radius 3 is 2.42 bits per heavy atom. The average Bonchev–Trinajstić information content (AvgIpc) is 3.44. The van der Waals surface area contributed by atoms with Gasteiger partial charge in [-0.2, -0.15) is 0 Å². The zero-order valence-electron chi connectivity index (χ0n) is 15.9. The number of nitrogen functional groups attached to an aromatic ring is 1. The predicted molar refractivity (Wildman–Crippen MR) is 109 cm³/mol. The van der Waals surface area contributed by atoms with Gasteiger partial charge in [0.05, 0.1) is 0 Å². The van der Waals surface area contributed by atoms with Gasteiger partial charge in [-0.3, -0.25) is 4.98 Å². The predicted octanol–water partition coefficient (Wildman–Crippen LogP) is 3.80. The zero-order chi connectivity index (χ0) is 18.8. The van der Waals surface area contributed by atoms with Crippen LogP contribution in [0.1, 0.15) is 51.2 Å². The van der Waals surface area contributed by atoms with Crippen molar-refractivity contribution < 1.29 is 4.55 Å². The highest BCUT2D eigenvalue weighted by Crippen LogP contribution is 2.53. The van der Waals surface area contributed by atoms with Crippen molar-refractivity contribution in [2.24, 2.45) is 5.92 Å². The van der Waals surface area contributed by atoms with E-state index in [0.717, 1.165) is 12.1 Å². The molecule has 3 rings (SSSR count). The average molecular weight is 372 g/mol. The molecule has 4 nitrogen and oxygen atoms in total. The minimum Gasteiger partial charge on any atom is -0.598 e. The van der Waals surface area contributed by atoms with Gasteiger partial charge in [-0.1, -0.05) is 12.1 Å². The lowest BCUT2D eigenvalue weighted by atomic mass is 9.68. The minimum atomic E-state index is -1.07. The number of pyridine rings is 1. The van der Waals surface area contributed by atoms with E-state index in [-0.39, 0.29) is 10.2 Å². The quantitative estimate of drug-likeness (QED) is 0.573. The van der Waals surface area contributed by atoms with Crippen LogP contribution in [0, 0.1) is 5.92 Å². The highest BCUT2D eigenvalue weighted by atomic mass is 32.2. The van der Waals surface area contributed by atoms with Crippen LogP contribution in [0.3, 0.4) is 0 Å². The van der Waals surface area contributed by atoms with Crippen LogP contribution in [0.5, 0.6) is 0 Å². The Labute approximate surface area is 159 Å². The first-order chi connectivity index (χ1) is 12.3. The number of hydrogen-bond donors (Lipinski definition) is 2. The summed E-state index contributed by atoms with van der Waals surface area (Å²) in [7, 11) is 0. The van der Waals surface area contributed by atoms with Gasteiger partial charge in [0.25, 0.3) is 0 Å². The molecule has 0 aliphatic heterocycles. The minimum absolute atomic E-state index is 0.118. The molecule has 0 unspecified atom stereocenters. The fourth-order valence-electron chi connectivity index (χ4n) is 3.73. The van der Waals surface area contributed by atoms with Gasteiger partial charge in [0.1, 0.15) is 4.75 Å². The van der Waals surface area contributed by atoms with Crippen molar-refractivity contribution in [1.29, 1.82) is 0 Å². The topological polar surface area (TPSA) is 74.0 Å². The number of benzene rings is 1. The Bertz CT molecular complexity index is 728. The first-order valence-electron chi connectivity index (χ1n) is 9.26. The van der Waals surface area contributed by atoms with Gasteiger partial charge in [0.15, 0.2) is 0 Å². The van der Waals surface area contributed by atoms with E-state index in [9.17, 15) is 4.55 Å². The summed E-state index contributed by atoms with van der Waals surface area (Å²) in [6, 6.07) is 12.5. The van der Waals surface area contributed by atoms with Crippen molar-refractivity contribution in [1.82, 2.24) is 9.71 Å². The van der Waals surface area contributed by atoms with Crippen molar-refractivity contribution >= 4 is 17.0 Å². The normalized spacial score (nSPS) is 18.3. The number of hydrogen-bond acceptors (Lipinski definition) is 4. The molecule has 2 atom stereocenters. The van der Waals surface area contributed by atoms with Crippen LogP contribution in [0.4, 0.5) is 5.69 Å². The maximum Gasteiger partial charge on any atom is 0.136 e. The maximum absolute atomic E-state index is 12.4. The second-order valence-electron chi connectivity index (χ2n) is 8.13. The van der Waals surface area contributed by atoms with Gasteiger partial charge in [0.2, 0.25) is 0 Å². The molecule has 0 spiro atoms. The summed E-state index contributed by atoms with van der Waals surface area (Å²) >= 11 is -1.07. The number of nitrogens with one attached hydrogen (secondary N) is 1. The summed E-state index contributed by atoms with van der Waals surface area (Å²) in [5.41, 5.74) is 9.29. The third kappa shape index (κ3) is 4.05. The summed E-state index contributed by atoms with van der Waals surface area (Å²) in [5.74, 6) is 0.580. The molecule has 1 aromatic carbocycles. The Kier molecular flexibility index (Phi) is 5.61. The molecule has 0 bridgehead atoms. The summed E-state index contributed by atoms with van der Waals surface area (Å²) in [5, 5.41) is 0. The molecule has 1 aromatic heterocycles. The van der Waals surface area contributed by atoms with Crippen LogP contribution in [0.2, 0.25) is 0 Å². The molecule has 0 saturated heterocycles. The Morgan fingerprint density at radius 1 is 1.15 bits per heavy atom. The van der Waals surface area contributed by atoms with Crippen LogP contribution < -0.4 is 10.5 Å². The van der Waals surface area contributed by atoms with Crippen molar-refractivity contribution in [2.45, 2.75) is 50.2 Å². The summed E-state index contributed by atoms with van der Waals surface area (Å²) in [4.78, 5) is 4.20. The number of nitrogens with two attached hydrogens (primary N) is 1. The molecule has 1 aliphatic carbocycles. The van der Waals surface area contributed by atoms with Gasteiger partial charge >= 0.3 is 0 Å². The SMILES string of the molecule is CC(C)(C)[S@@+]([O-])NCC[C@@](c1ccncc1)(c1cccc(N)c1)C1CC1. The largest absolute Gasteiger partial charge is 0.598 e. The van der Waals surface area contributed by atoms with E-state index in [1.807, 2.05) is 45.3 Å². The van der Waals surface area contributed by atoms with Crippen molar-refractivity contribution in [3.63, 3.8) is 0 Å². The molecule has 0 amide bonds. The molecule has 26 heavy (non-hydrogen) atoms. The fraction of sp³-hybridized carbons (Fsp3) is 0.476. The summed E-state index contributed by atoms with van der Waals surface area (Å²) < 4.78 is 15.4. The Balaban J connectivity index is 1.94. The smallest absolute Gasteiger partial charge is 0.136 e. The lowest BCUT2D eigenvalue weighted by Crippen LogP contribution is -2.42. The van der Waals surface area contributed by atoms with Gasteiger partial charge in [-0.05, 0) is 81.3 Å². The van der Waals surface area contributed by atoms with E-state index >= 15 is 0 Å².